The third-order valence-electron chi connectivity index (χ3n) is 4.25. The van der Waals surface area contributed by atoms with Gasteiger partial charge < -0.3 is 10.0 Å². The van der Waals surface area contributed by atoms with Gasteiger partial charge in [0.05, 0.1) is 10.9 Å². The molecule has 9 heteroatoms. The third kappa shape index (κ3) is 3.45. The summed E-state index contributed by atoms with van der Waals surface area (Å²) in [6.45, 7) is 4.52. The van der Waals surface area contributed by atoms with Gasteiger partial charge in [0.2, 0.25) is 5.91 Å². The Labute approximate surface area is 158 Å². The Hall–Kier alpha value is -3.07. The number of carboxylic acids is 1. The number of hydrogen-bond acceptors (Lipinski definition) is 6. The van der Waals surface area contributed by atoms with Crippen LogP contribution in [0.4, 0.5) is 0 Å². The molecule has 8 nitrogen and oxygen atoms in total. The molecule has 0 unspecified atom stereocenters. The largest absolute Gasteiger partial charge is 0.478 e. The number of carbonyl (C=O) groups is 2. The molecule has 0 spiro atoms. The summed E-state index contributed by atoms with van der Waals surface area (Å²) in [6, 6.07) is 3.45. The first kappa shape index (κ1) is 18.7. The van der Waals surface area contributed by atoms with E-state index in [-0.39, 0.29) is 23.4 Å². The predicted molar refractivity (Wildman–Crippen MR) is 102 cm³/mol. The number of carboxylic acid groups (broad SMARTS) is 1. The smallest absolute Gasteiger partial charge is 0.337 e. The van der Waals surface area contributed by atoms with Gasteiger partial charge in [-0.2, -0.15) is 0 Å². The number of hydrogen-bond donors (Lipinski definition) is 1. The minimum atomic E-state index is -1.20. The van der Waals surface area contributed by atoms with Crippen molar-refractivity contribution in [2.75, 3.05) is 13.1 Å². The Kier molecular flexibility index (Phi) is 5.31. The van der Waals surface area contributed by atoms with Crippen LogP contribution >= 0.6 is 11.3 Å². The van der Waals surface area contributed by atoms with E-state index in [4.69, 9.17) is 0 Å². The molecule has 0 atom stereocenters. The zero-order valence-electron chi connectivity index (χ0n) is 14.9. The van der Waals surface area contributed by atoms with E-state index in [0.717, 1.165) is 11.3 Å². The Morgan fingerprint density at radius 3 is 2.63 bits per heavy atom. The van der Waals surface area contributed by atoms with Crippen LogP contribution in [0.1, 0.15) is 24.2 Å². The average molecular weight is 386 g/mol. The number of nitrogens with zero attached hydrogens (tertiary/aromatic N) is 4. The van der Waals surface area contributed by atoms with Crippen LogP contribution in [0.15, 0.2) is 34.7 Å². The molecule has 3 heterocycles. The number of aromatic nitrogens is 3. The average Bonchev–Trinajstić information content (AvgIpc) is 3.10. The second-order valence-corrected chi connectivity index (χ2v) is 6.63. The van der Waals surface area contributed by atoms with Crippen molar-refractivity contribution in [3.8, 4) is 11.4 Å². The summed E-state index contributed by atoms with van der Waals surface area (Å²) < 4.78 is 1.24. The highest BCUT2D eigenvalue weighted by Gasteiger charge is 2.22. The summed E-state index contributed by atoms with van der Waals surface area (Å²) in [4.78, 5) is 47.7. The number of aromatic carboxylic acids is 1. The summed E-state index contributed by atoms with van der Waals surface area (Å²) in [5.41, 5.74) is -0.0681. The van der Waals surface area contributed by atoms with Crippen LogP contribution in [-0.4, -0.2) is 49.5 Å². The Morgan fingerprint density at radius 2 is 2.04 bits per heavy atom. The van der Waals surface area contributed by atoms with Gasteiger partial charge in [0.15, 0.2) is 0 Å². The van der Waals surface area contributed by atoms with E-state index in [1.165, 1.54) is 9.95 Å². The van der Waals surface area contributed by atoms with Gasteiger partial charge in [-0.05, 0) is 26.0 Å². The molecule has 0 aliphatic carbocycles. The zero-order chi connectivity index (χ0) is 19.6. The summed E-state index contributed by atoms with van der Waals surface area (Å²) in [7, 11) is 0. The Morgan fingerprint density at radius 1 is 1.30 bits per heavy atom. The quantitative estimate of drug-likeness (QED) is 0.695. The molecule has 0 saturated carbocycles. The van der Waals surface area contributed by atoms with Crippen molar-refractivity contribution in [2.45, 2.75) is 20.4 Å². The Bertz CT molecular complexity index is 1050. The minimum Gasteiger partial charge on any atom is -0.478 e. The third-order valence-corrected chi connectivity index (χ3v) is 5.13. The lowest BCUT2D eigenvalue weighted by Gasteiger charge is -2.20. The maximum Gasteiger partial charge on any atom is 0.337 e. The predicted octanol–water partition coefficient (Wildman–Crippen LogP) is 2.09. The normalized spacial score (nSPS) is 10.9. The summed E-state index contributed by atoms with van der Waals surface area (Å²) in [6.07, 6.45) is 3.15. The maximum atomic E-state index is 13.1. The van der Waals surface area contributed by atoms with Crippen LogP contribution in [0.2, 0.25) is 0 Å². The first-order valence-corrected chi connectivity index (χ1v) is 9.29. The molecule has 3 aromatic rings. The molecule has 27 heavy (non-hydrogen) atoms. The van der Waals surface area contributed by atoms with E-state index in [9.17, 15) is 19.5 Å². The highest BCUT2D eigenvalue weighted by Crippen LogP contribution is 2.25. The SMILES string of the molecule is CCN(CC)C(=O)Cn1c(-c2cccnc2)nc2scc(C(=O)O)c2c1=O. The number of likely N-dealkylation sites (N-methyl/N-ethyl adjacent to an activating group) is 1. The maximum absolute atomic E-state index is 13.1. The molecule has 3 aromatic heterocycles. The molecule has 3 rings (SSSR count). The number of rotatable bonds is 6. The summed E-state index contributed by atoms with van der Waals surface area (Å²) in [5, 5.41) is 10.8. The van der Waals surface area contributed by atoms with E-state index in [1.807, 2.05) is 13.8 Å². The van der Waals surface area contributed by atoms with Gasteiger partial charge >= 0.3 is 5.97 Å². The van der Waals surface area contributed by atoms with Gasteiger partial charge in [0.1, 0.15) is 17.2 Å². The van der Waals surface area contributed by atoms with Crippen LogP contribution in [-0.2, 0) is 11.3 Å². The Balaban J connectivity index is 2.25. The lowest BCUT2D eigenvalue weighted by atomic mass is 10.2. The molecule has 0 saturated heterocycles. The topological polar surface area (TPSA) is 105 Å². The number of amides is 1. The number of thiophene rings is 1. The van der Waals surface area contributed by atoms with Crippen molar-refractivity contribution in [3.63, 3.8) is 0 Å². The van der Waals surface area contributed by atoms with Crippen molar-refractivity contribution in [3.05, 3.63) is 45.8 Å². The van der Waals surface area contributed by atoms with Crippen LogP contribution in [0.25, 0.3) is 21.6 Å². The second kappa shape index (κ2) is 7.67. The van der Waals surface area contributed by atoms with Crippen molar-refractivity contribution in [1.82, 2.24) is 19.4 Å². The second-order valence-electron chi connectivity index (χ2n) is 5.77. The molecule has 0 aliphatic heterocycles. The number of carbonyl (C=O) groups excluding carboxylic acids is 1. The van der Waals surface area contributed by atoms with E-state index in [2.05, 4.69) is 9.97 Å². The van der Waals surface area contributed by atoms with Gasteiger partial charge in [-0.25, -0.2) is 9.78 Å². The van der Waals surface area contributed by atoms with Gasteiger partial charge in [-0.3, -0.25) is 19.1 Å². The van der Waals surface area contributed by atoms with Crippen molar-refractivity contribution < 1.29 is 14.7 Å². The molecule has 0 bridgehead atoms. The fraction of sp³-hybridized carbons (Fsp3) is 0.278. The number of fused-ring (bicyclic) bond motifs is 1. The molecule has 0 aromatic carbocycles. The van der Waals surface area contributed by atoms with Crippen molar-refractivity contribution >= 4 is 33.4 Å². The lowest BCUT2D eigenvalue weighted by Crippen LogP contribution is -2.37. The van der Waals surface area contributed by atoms with Crippen molar-refractivity contribution in [1.29, 1.82) is 0 Å². The minimum absolute atomic E-state index is 0.0208. The lowest BCUT2D eigenvalue weighted by molar-refractivity contribution is -0.131. The van der Waals surface area contributed by atoms with E-state index >= 15 is 0 Å². The van der Waals surface area contributed by atoms with Gasteiger partial charge in [-0.1, -0.05) is 0 Å². The van der Waals surface area contributed by atoms with E-state index < -0.39 is 11.5 Å². The molecule has 0 fully saturated rings. The molecule has 0 radical (unpaired) electrons. The first-order chi connectivity index (χ1) is 13.0. The highest BCUT2D eigenvalue weighted by atomic mass is 32.1. The van der Waals surface area contributed by atoms with Crippen LogP contribution < -0.4 is 5.56 Å². The highest BCUT2D eigenvalue weighted by molar-refractivity contribution is 7.17. The molecule has 1 N–H and O–H groups in total. The van der Waals surface area contributed by atoms with E-state index in [0.29, 0.717) is 29.3 Å². The fourth-order valence-electron chi connectivity index (χ4n) is 2.86. The van der Waals surface area contributed by atoms with Gasteiger partial charge in [0, 0.05) is 36.4 Å². The fourth-order valence-corrected chi connectivity index (χ4v) is 3.76. The molecular formula is C18H18N4O4S. The molecule has 1 amide bonds. The number of pyridine rings is 1. The molecule has 0 aliphatic rings. The van der Waals surface area contributed by atoms with Crippen molar-refractivity contribution in [2.24, 2.45) is 0 Å². The van der Waals surface area contributed by atoms with Crippen LogP contribution in [0.3, 0.4) is 0 Å². The zero-order valence-corrected chi connectivity index (χ0v) is 15.7. The van der Waals surface area contributed by atoms with Gasteiger partial charge in [0.25, 0.3) is 5.56 Å². The summed E-state index contributed by atoms with van der Waals surface area (Å²) >= 11 is 1.09. The van der Waals surface area contributed by atoms with Crippen LogP contribution in [0.5, 0.6) is 0 Å². The summed E-state index contributed by atoms with van der Waals surface area (Å²) in [5.74, 6) is -1.14. The first-order valence-electron chi connectivity index (χ1n) is 8.41. The standard InChI is InChI=1S/C18H18N4O4S/c1-3-21(4-2)13(23)9-22-15(11-6-5-7-19-8-11)20-16-14(17(22)24)12(10-27-16)18(25)26/h5-8,10H,3-4,9H2,1-2H3,(H,25,26). The monoisotopic (exact) mass is 386 g/mol. The molecule has 140 valence electrons. The molecular weight excluding hydrogens is 368 g/mol. The van der Waals surface area contributed by atoms with Gasteiger partial charge in [-0.15, -0.1) is 11.3 Å². The van der Waals surface area contributed by atoms with Crippen LogP contribution in [0, 0.1) is 0 Å². The van der Waals surface area contributed by atoms with E-state index in [1.54, 1.807) is 29.4 Å².